The van der Waals surface area contributed by atoms with Crippen LogP contribution >= 0.6 is 0 Å². The van der Waals surface area contributed by atoms with Gasteiger partial charge in [-0.15, -0.1) is 0 Å². The van der Waals surface area contributed by atoms with Crippen LogP contribution in [0.2, 0.25) is 0 Å². The highest BCUT2D eigenvalue weighted by molar-refractivity contribution is 5.80. The maximum atomic E-state index is 13.5. The van der Waals surface area contributed by atoms with E-state index in [2.05, 4.69) is 111 Å². The molecule has 87 heavy (non-hydrogen) atoms. The molecule has 11 nitrogen and oxygen atoms in total. The Morgan fingerprint density at radius 2 is 0.793 bits per heavy atom. The van der Waals surface area contributed by atoms with Gasteiger partial charge < -0.3 is 45.1 Å². The molecule has 1 saturated heterocycles. The number of carbonyl (C=O) groups excluding carboxylic acids is 2. The zero-order chi connectivity index (χ0) is 63.1. The molecule has 1 fully saturated rings. The van der Waals surface area contributed by atoms with E-state index in [1.807, 2.05) is 6.08 Å². The van der Waals surface area contributed by atoms with Gasteiger partial charge in [-0.1, -0.05) is 291 Å². The minimum atomic E-state index is -1.62. The number of allylic oxidation sites excluding steroid dienone is 15. The van der Waals surface area contributed by atoms with Gasteiger partial charge in [-0.05, 0) is 109 Å². The molecule has 0 aromatic rings. The smallest absolute Gasteiger partial charge is 0.306 e. The molecular weight excluding hydrogens is 1090 g/mol. The lowest BCUT2D eigenvalue weighted by Gasteiger charge is -2.41. The van der Waals surface area contributed by atoms with Gasteiger partial charge in [0.1, 0.15) is 24.4 Å². The highest BCUT2D eigenvalue weighted by atomic mass is 16.7. The predicted molar refractivity (Wildman–Crippen MR) is 365 cm³/mol. The van der Waals surface area contributed by atoms with Crippen molar-refractivity contribution in [1.82, 2.24) is 5.32 Å². The van der Waals surface area contributed by atoms with Gasteiger partial charge in [-0.2, -0.15) is 0 Å². The van der Waals surface area contributed by atoms with Crippen LogP contribution in [0.3, 0.4) is 0 Å². The van der Waals surface area contributed by atoms with Crippen LogP contribution in [0.1, 0.15) is 310 Å². The number of ether oxygens (including phenoxy) is 3. The molecule has 1 aliphatic heterocycles. The Morgan fingerprint density at radius 1 is 0.448 bits per heavy atom. The SMILES string of the molecule is CCCCC/C=C\C/C=C\C/C=C\C/C=C\CCCCCCC(O)C(=O)NC(COC1OC(CO)C(O)C(O)C1OC(=O)CCCCCCCCCCCCCCCC/C=C\C/C=C\C/C=C\CCCCC)C(O)/C=C/CCCCCCCCCCC. The quantitative estimate of drug-likeness (QED) is 0.0195. The van der Waals surface area contributed by atoms with E-state index in [4.69, 9.17) is 14.2 Å². The van der Waals surface area contributed by atoms with Gasteiger partial charge in [-0.25, -0.2) is 0 Å². The molecule has 0 aliphatic carbocycles. The number of carbonyl (C=O) groups is 2. The monoisotopic (exact) mass is 1220 g/mol. The van der Waals surface area contributed by atoms with E-state index in [-0.39, 0.29) is 19.4 Å². The van der Waals surface area contributed by atoms with Crippen molar-refractivity contribution in [3.63, 3.8) is 0 Å². The summed E-state index contributed by atoms with van der Waals surface area (Å²) < 4.78 is 17.7. The van der Waals surface area contributed by atoms with Gasteiger partial charge in [0.25, 0.3) is 0 Å². The third kappa shape index (κ3) is 50.0. The summed E-state index contributed by atoms with van der Waals surface area (Å²) in [7, 11) is 0. The molecule has 0 radical (unpaired) electrons. The van der Waals surface area contributed by atoms with Crippen LogP contribution in [0.4, 0.5) is 0 Å². The van der Waals surface area contributed by atoms with E-state index >= 15 is 0 Å². The zero-order valence-corrected chi connectivity index (χ0v) is 55.9. The van der Waals surface area contributed by atoms with Crippen molar-refractivity contribution in [1.29, 1.82) is 0 Å². The van der Waals surface area contributed by atoms with Crippen LogP contribution in [0.15, 0.2) is 97.2 Å². The molecule has 11 heteroatoms. The number of hydrogen-bond donors (Lipinski definition) is 6. The molecular formula is C76H133NO10. The molecule has 0 spiro atoms. The fraction of sp³-hybridized carbons (Fsp3) is 0.763. The Kier molecular flexibility index (Phi) is 58.9. The van der Waals surface area contributed by atoms with Crippen LogP contribution in [-0.4, -0.2) is 99.6 Å². The summed E-state index contributed by atoms with van der Waals surface area (Å²) in [4.78, 5) is 26.7. The van der Waals surface area contributed by atoms with Crippen molar-refractivity contribution < 1.29 is 49.3 Å². The lowest BCUT2D eigenvalue weighted by molar-refractivity contribution is -0.305. The van der Waals surface area contributed by atoms with Gasteiger partial charge in [-0.3, -0.25) is 9.59 Å². The fourth-order valence-electron chi connectivity index (χ4n) is 10.8. The summed E-state index contributed by atoms with van der Waals surface area (Å²) in [6.07, 6.45) is 74.5. The Morgan fingerprint density at radius 3 is 1.21 bits per heavy atom. The molecule has 8 atom stereocenters. The number of esters is 1. The first-order valence-corrected chi connectivity index (χ1v) is 36.0. The second-order valence-corrected chi connectivity index (χ2v) is 24.6. The van der Waals surface area contributed by atoms with Crippen molar-refractivity contribution in [2.45, 2.75) is 359 Å². The number of rotatable bonds is 61. The van der Waals surface area contributed by atoms with Crippen molar-refractivity contribution >= 4 is 11.9 Å². The molecule has 0 aromatic carbocycles. The molecule has 0 bridgehead atoms. The second kappa shape index (κ2) is 62.8. The number of nitrogens with one attached hydrogen (secondary N) is 1. The van der Waals surface area contributed by atoms with Crippen molar-refractivity contribution in [3.05, 3.63) is 97.2 Å². The Bertz CT molecular complexity index is 1790. The van der Waals surface area contributed by atoms with Gasteiger partial charge in [0, 0.05) is 6.42 Å². The van der Waals surface area contributed by atoms with Gasteiger partial charge in [0.05, 0.1) is 25.4 Å². The number of hydrogen-bond acceptors (Lipinski definition) is 10. The van der Waals surface area contributed by atoms with Gasteiger partial charge in [0.2, 0.25) is 5.91 Å². The van der Waals surface area contributed by atoms with Crippen LogP contribution in [0.25, 0.3) is 0 Å². The molecule has 1 aliphatic rings. The maximum Gasteiger partial charge on any atom is 0.306 e. The van der Waals surface area contributed by atoms with Gasteiger partial charge in [0.15, 0.2) is 12.4 Å². The number of aliphatic hydroxyl groups excluding tert-OH is 5. The minimum absolute atomic E-state index is 0.117. The Hall–Kier alpha value is -3.42. The van der Waals surface area contributed by atoms with Crippen molar-refractivity contribution in [2.75, 3.05) is 13.2 Å². The zero-order valence-electron chi connectivity index (χ0n) is 55.9. The topological polar surface area (TPSA) is 175 Å². The number of unbranched alkanes of at least 4 members (excludes halogenated alkanes) is 33. The first-order valence-electron chi connectivity index (χ1n) is 36.0. The van der Waals surface area contributed by atoms with Crippen LogP contribution < -0.4 is 5.32 Å². The molecule has 8 unspecified atom stereocenters. The first kappa shape index (κ1) is 81.6. The molecule has 0 saturated carbocycles. The summed E-state index contributed by atoms with van der Waals surface area (Å²) in [5, 5.41) is 57.2. The van der Waals surface area contributed by atoms with E-state index < -0.39 is 67.4 Å². The standard InChI is InChI=1S/C76H133NO10/c1-4-7-10-13-16-19-22-24-26-28-30-32-33-34-35-36-37-38-40-42-44-46-49-52-55-58-61-64-71(81)87-74-73(83)72(82)70(65-78)86-76(74)85-66-67(68(79)62-59-56-53-50-47-21-18-15-12-9-6-3)77-75(84)69(80)63-60-57-54-51-48-45-43-41-39-31-29-27-25-23-20-17-14-11-8-5-2/h16-17,19-20,24-27,30-32,39,43,45,59,62,67-70,72-74,76,78-80,82-83H,4-15,18,21-23,28-29,33-38,40-42,44,46-58,60-61,63-66H2,1-3H3,(H,77,84)/b19-16-,20-17-,26-24-,27-25-,32-30-,39-31-,45-43-,62-59+. The summed E-state index contributed by atoms with van der Waals surface area (Å²) in [5.41, 5.74) is 0. The third-order valence-corrected chi connectivity index (χ3v) is 16.5. The third-order valence-electron chi connectivity index (χ3n) is 16.5. The Labute approximate surface area is 533 Å². The molecule has 1 rings (SSSR count). The highest BCUT2D eigenvalue weighted by Gasteiger charge is 2.47. The normalized spacial score (nSPS) is 18.8. The first-order chi connectivity index (χ1) is 42.7. The summed E-state index contributed by atoms with van der Waals surface area (Å²) in [6, 6.07) is -1.04. The van der Waals surface area contributed by atoms with Crippen LogP contribution in [0, 0.1) is 0 Å². The lowest BCUT2D eigenvalue weighted by Crippen LogP contribution is -2.61. The van der Waals surface area contributed by atoms with E-state index in [1.54, 1.807) is 6.08 Å². The molecule has 1 heterocycles. The molecule has 0 aromatic heterocycles. The van der Waals surface area contributed by atoms with E-state index in [0.29, 0.717) is 12.8 Å². The van der Waals surface area contributed by atoms with Gasteiger partial charge >= 0.3 is 5.97 Å². The summed E-state index contributed by atoms with van der Waals surface area (Å²) >= 11 is 0. The number of aliphatic hydroxyl groups is 5. The lowest BCUT2D eigenvalue weighted by atomic mass is 9.99. The Balaban J connectivity index is 2.55. The van der Waals surface area contributed by atoms with E-state index in [0.717, 1.165) is 103 Å². The summed E-state index contributed by atoms with van der Waals surface area (Å²) in [6.45, 7) is 5.74. The molecule has 6 N–H and O–H groups in total. The summed E-state index contributed by atoms with van der Waals surface area (Å²) in [5.74, 6) is -1.21. The van der Waals surface area contributed by atoms with Crippen molar-refractivity contribution in [2.24, 2.45) is 0 Å². The maximum absolute atomic E-state index is 13.5. The fourth-order valence-corrected chi connectivity index (χ4v) is 10.8. The average molecular weight is 1220 g/mol. The van der Waals surface area contributed by atoms with E-state index in [9.17, 15) is 35.1 Å². The van der Waals surface area contributed by atoms with E-state index in [1.165, 1.54) is 161 Å². The molecule has 1 amide bonds. The second-order valence-electron chi connectivity index (χ2n) is 24.6. The van der Waals surface area contributed by atoms with Crippen LogP contribution in [-0.2, 0) is 23.8 Å². The largest absolute Gasteiger partial charge is 0.454 e. The van der Waals surface area contributed by atoms with Crippen LogP contribution in [0.5, 0.6) is 0 Å². The van der Waals surface area contributed by atoms with Crippen molar-refractivity contribution in [3.8, 4) is 0 Å². The number of amides is 1. The molecule has 502 valence electrons. The minimum Gasteiger partial charge on any atom is -0.454 e. The highest BCUT2D eigenvalue weighted by Crippen LogP contribution is 2.26. The average Bonchev–Trinajstić information content (AvgIpc) is 1.56. The predicted octanol–water partition coefficient (Wildman–Crippen LogP) is 18.6.